The van der Waals surface area contributed by atoms with Crippen LogP contribution in [0.5, 0.6) is 0 Å². The molecule has 2 atom stereocenters. The Kier molecular flexibility index (Phi) is 2.90. The summed E-state index contributed by atoms with van der Waals surface area (Å²) in [7, 11) is 0. The summed E-state index contributed by atoms with van der Waals surface area (Å²) in [5.74, 6) is 0.982. The first-order valence-electron chi connectivity index (χ1n) is 5.77. The molecule has 0 spiro atoms. The monoisotopic (exact) mass is 214 g/mol. The number of allylic oxidation sites excluding steroid dienone is 1. The Morgan fingerprint density at radius 2 is 1.88 bits per heavy atom. The molecule has 0 N–H and O–H groups in total. The van der Waals surface area contributed by atoms with Crippen molar-refractivity contribution in [3.05, 3.63) is 41.4 Å². The van der Waals surface area contributed by atoms with Gasteiger partial charge in [0.25, 0.3) is 0 Å². The van der Waals surface area contributed by atoms with Crippen molar-refractivity contribution in [2.45, 2.75) is 27.7 Å². The first-order valence-corrected chi connectivity index (χ1v) is 5.77. The van der Waals surface area contributed by atoms with Crippen LogP contribution in [0.4, 0.5) is 0 Å². The standard InChI is InChI=1S/C14H18N2/c1-9-5-6-15-14(12(9)4)13-7-10(2)11(3)8-16-13/h5-9,12H,1-4H3/t9-,12-/m1/s1. The maximum Gasteiger partial charge on any atom is 0.0850 e. The van der Waals surface area contributed by atoms with E-state index in [2.05, 4.69) is 49.8 Å². The number of aryl methyl sites for hydroxylation is 2. The van der Waals surface area contributed by atoms with Gasteiger partial charge in [-0.1, -0.05) is 19.9 Å². The van der Waals surface area contributed by atoms with Crippen molar-refractivity contribution >= 4 is 5.71 Å². The molecule has 0 aliphatic carbocycles. The van der Waals surface area contributed by atoms with Gasteiger partial charge >= 0.3 is 0 Å². The molecular formula is C14H18N2. The first kappa shape index (κ1) is 11.1. The third-order valence-corrected chi connectivity index (χ3v) is 3.46. The van der Waals surface area contributed by atoms with Gasteiger partial charge in [-0.15, -0.1) is 0 Å². The van der Waals surface area contributed by atoms with E-state index in [0.717, 1.165) is 11.4 Å². The van der Waals surface area contributed by atoms with E-state index in [1.54, 1.807) is 0 Å². The smallest absolute Gasteiger partial charge is 0.0850 e. The minimum atomic E-state index is 0.444. The SMILES string of the molecule is Cc1cnc(C2=NC=C[C@@H](C)[C@H]2C)cc1C. The second-order valence-corrected chi connectivity index (χ2v) is 4.66. The lowest BCUT2D eigenvalue weighted by molar-refractivity contribution is 0.580. The maximum absolute atomic E-state index is 4.48. The summed E-state index contributed by atoms with van der Waals surface area (Å²) in [5.41, 5.74) is 4.64. The van der Waals surface area contributed by atoms with Crippen LogP contribution in [0, 0.1) is 25.7 Å². The Bertz CT molecular complexity index is 458. The van der Waals surface area contributed by atoms with Gasteiger partial charge in [-0.2, -0.15) is 0 Å². The molecule has 84 valence electrons. The maximum atomic E-state index is 4.48. The summed E-state index contributed by atoms with van der Waals surface area (Å²) in [6.45, 7) is 8.63. The van der Waals surface area contributed by atoms with Gasteiger partial charge in [0.15, 0.2) is 0 Å². The van der Waals surface area contributed by atoms with Gasteiger partial charge in [0.1, 0.15) is 0 Å². The molecule has 0 saturated heterocycles. The molecule has 0 amide bonds. The lowest BCUT2D eigenvalue weighted by Gasteiger charge is -2.21. The highest BCUT2D eigenvalue weighted by Crippen LogP contribution is 2.23. The van der Waals surface area contributed by atoms with Gasteiger partial charge in [0.05, 0.1) is 11.4 Å². The van der Waals surface area contributed by atoms with E-state index in [1.807, 2.05) is 12.4 Å². The van der Waals surface area contributed by atoms with Gasteiger partial charge < -0.3 is 0 Å². The zero-order valence-corrected chi connectivity index (χ0v) is 10.4. The third-order valence-electron chi connectivity index (χ3n) is 3.46. The van der Waals surface area contributed by atoms with E-state index in [1.165, 1.54) is 11.1 Å². The normalized spacial score (nSPS) is 24.4. The molecule has 0 fully saturated rings. The van der Waals surface area contributed by atoms with E-state index in [0.29, 0.717) is 11.8 Å². The topological polar surface area (TPSA) is 25.2 Å². The van der Waals surface area contributed by atoms with Crippen molar-refractivity contribution in [3.8, 4) is 0 Å². The summed E-state index contributed by atoms with van der Waals surface area (Å²) < 4.78 is 0. The molecule has 0 saturated carbocycles. The Hall–Kier alpha value is -1.44. The summed E-state index contributed by atoms with van der Waals surface area (Å²) >= 11 is 0. The van der Waals surface area contributed by atoms with Crippen molar-refractivity contribution in [3.63, 3.8) is 0 Å². The number of aliphatic imine (C=N–C) groups is 1. The Labute approximate surface area is 97.1 Å². The van der Waals surface area contributed by atoms with E-state index < -0.39 is 0 Å². The number of rotatable bonds is 1. The fraction of sp³-hybridized carbons (Fsp3) is 0.429. The fourth-order valence-corrected chi connectivity index (χ4v) is 1.86. The van der Waals surface area contributed by atoms with Gasteiger partial charge in [-0.25, -0.2) is 0 Å². The van der Waals surface area contributed by atoms with E-state index in [-0.39, 0.29) is 0 Å². The van der Waals surface area contributed by atoms with Crippen molar-refractivity contribution < 1.29 is 0 Å². The average molecular weight is 214 g/mol. The highest BCUT2D eigenvalue weighted by Gasteiger charge is 2.21. The number of hydrogen-bond acceptors (Lipinski definition) is 2. The van der Waals surface area contributed by atoms with Gasteiger partial charge in [0, 0.05) is 18.3 Å². The molecule has 1 aliphatic heterocycles. The highest BCUT2D eigenvalue weighted by molar-refractivity contribution is 6.01. The zero-order valence-electron chi connectivity index (χ0n) is 10.4. The molecule has 2 rings (SSSR count). The molecule has 0 bridgehead atoms. The van der Waals surface area contributed by atoms with Gasteiger partial charge in [-0.3, -0.25) is 9.98 Å². The summed E-state index contributed by atoms with van der Waals surface area (Å²) in [6.07, 6.45) is 5.98. The molecule has 0 radical (unpaired) electrons. The zero-order chi connectivity index (χ0) is 11.7. The first-order chi connectivity index (χ1) is 7.59. The predicted molar refractivity (Wildman–Crippen MR) is 67.7 cm³/mol. The molecule has 2 heterocycles. The number of nitrogens with zero attached hydrogens (tertiary/aromatic N) is 2. The van der Waals surface area contributed by atoms with Gasteiger partial charge in [0.2, 0.25) is 0 Å². The van der Waals surface area contributed by atoms with Crippen molar-refractivity contribution in [1.82, 2.24) is 4.98 Å². The van der Waals surface area contributed by atoms with Gasteiger partial charge in [-0.05, 0) is 37.0 Å². The Morgan fingerprint density at radius 1 is 1.12 bits per heavy atom. The predicted octanol–water partition coefficient (Wildman–Crippen LogP) is 3.29. The van der Waals surface area contributed by atoms with E-state index in [9.17, 15) is 0 Å². The molecule has 2 heteroatoms. The fourth-order valence-electron chi connectivity index (χ4n) is 1.86. The number of hydrogen-bond donors (Lipinski definition) is 0. The Balaban J connectivity index is 2.41. The lowest BCUT2D eigenvalue weighted by Crippen LogP contribution is -2.22. The van der Waals surface area contributed by atoms with Crippen molar-refractivity contribution in [1.29, 1.82) is 0 Å². The summed E-state index contributed by atoms with van der Waals surface area (Å²) in [4.78, 5) is 8.96. The average Bonchev–Trinajstić information content (AvgIpc) is 2.26. The third kappa shape index (κ3) is 1.92. The quantitative estimate of drug-likeness (QED) is 0.704. The van der Waals surface area contributed by atoms with Crippen LogP contribution in [0.15, 0.2) is 29.5 Å². The van der Waals surface area contributed by atoms with E-state index >= 15 is 0 Å². The van der Waals surface area contributed by atoms with Crippen molar-refractivity contribution in [2.75, 3.05) is 0 Å². The van der Waals surface area contributed by atoms with Crippen LogP contribution in [0.1, 0.15) is 30.7 Å². The molecule has 1 aromatic rings. The minimum absolute atomic E-state index is 0.444. The highest BCUT2D eigenvalue weighted by atomic mass is 14.8. The lowest BCUT2D eigenvalue weighted by atomic mass is 9.87. The van der Waals surface area contributed by atoms with Crippen LogP contribution >= 0.6 is 0 Å². The van der Waals surface area contributed by atoms with Crippen molar-refractivity contribution in [2.24, 2.45) is 16.8 Å². The summed E-state index contributed by atoms with van der Waals surface area (Å²) in [5, 5.41) is 0. The number of aromatic nitrogens is 1. The molecule has 1 aromatic heterocycles. The second kappa shape index (κ2) is 4.20. The molecule has 1 aliphatic rings. The van der Waals surface area contributed by atoms with Crippen LogP contribution < -0.4 is 0 Å². The Morgan fingerprint density at radius 3 is 2.56 bits per heavy atom. The molecule has 0 aromatic carbocycles. The molecule has 16 heavy (non-hydrogen) atoms. The van der Waals surface area contributed by atoms with Crippen LogP contribution in [0.2, 0.25) is 0 Å². The largest absolute Gasteiger partial charge is 0.259 e. The van der Waals surface area contributed by atoms with E-state index in [4.69, 9.17) is 0 Å². The molecular weight excluding hydrogens is 196 g/mol. The van der Waals surface area contributed by atoms with Crippen LogP contribution in [-0.4, -0.2) is 10.7 Å². The van der Waals surface area contributed by atoms with Crippen LogP contribution in [0.25, 0.3) is 0 Å². The molecule has 0 unspecified atom stereocenters. The summed E-state index contributed by atoms with van der Waals surface area (Å²) in [6, 6.07) is 2.14. The van der Waals surface area contributed by atoms with Crippen LogP contribution in [-0.2, 0) is 0 Å². The molecule has 2 nitrogen and oxygen atoms in total. The second-order valence-electron chi connectivity index (χ2n) is 4.66. The van der Waals surface area contributed by atoms with Crippen LogP contribution in [0.3, 0.4) is 0 Å². The minimum Gasteiger partial charge on any atom is -0.259 e. The number of pyridine rings is 1.